The maximum absolute atomic E-state index is 5.80. The second kappa shape index (κ2) is 2.66. The molecular formula is C11H13N3O. The zero-order valence-electron chi connectivity index (χ0n) is 8.58. The first-order chi connectivity index (χ1) is 7.16. The maximum Gasteiger partial charge on any atom is 0.296 e. The van der Waals surface area contributed by atoms with Crippen LogP contribution in [0.1, 0.15) is 19.8 Å². The number of benzene rings is 1. The van der Waals surface area contributed by atoms with Crippen LogP contribution in [-0.2, 0) is 0 Å². The second-order valence-electron chi connectivity index (χ2n) is 4.40. The number of aromatic nitrogens is 1. The predicted molar refractivity (Wildman–Crippen MR) is 59.7 cm³/mol. The smallest absolute Gasteiger partial charge is 0.296 e. The predicted octanol–water partition coefficient (Wildman–Crippen LogP) is 2.37. The van der Waals surface area contributed by atoms with Crippen LogP contribution in [0.4, 0.5) is 11.7 Å². The Labute approximate surface area is 87.5 Å². The van der Waals surface area contributed by atoms with Gasteiger partial charge in [-0.2, -0.15) is 4.98 Å². The van der Waals surface area contributed by atoms with E-state index in [1.165, 1.54) is 12.8 Å². The molecule has 15 heavy (non-hydrogen) atoms. The fourth-order valence-electron chi connectivity index (χ4n) is 1.59. The molecule has 0 bridgehead atoms. The van der Waals surface area contributed by atoms with Gasteiger partial charge in [0.2, 0.25) is 0 Å². The molecular weight excluding hydrogens is 190 g/mol. The topological polar surface area (TPSA) is 64.1 Å². The van der Waals surface area contributed by atoms with E-state index in [0.29, 0.717) is 11.7 Å². The molecule has 1 aromatic heterocycles. The van der Waals surface area contributed by atoms with Gasteiger partial charge in [0.25, 0.3) is 6.01 Å². The number of para-hydroxylation sites is 1. The number of hydrogen-bond donors (Lipinski definition) is 2. The van der Waals surface area contributed by atoms with Gasteiger partial charge < -0.3 is 15.5 Å². The third kappa shape index (κ3) is 1.42. The molecule has 1 aromatic carbocycles. The summed E-state index contributed by atoms with van der Waals surface area (Å²) in [6.45, 7) is 2.16. The van der Waals surface area contributed by atoms with Crippen LogP contribution in [0.3, 0.4) is 0 Å². The number of anilines is 2. The molecule has 4 heteroatoms. The maximum atomic E-state index is 5.80. The Balaban J connectivity index is 2.02. The number of fused-ring (bicyclic) bond motifs is 1. The van der Waals surface area contributed by atoms with Gasteiger partial charge in [0, 0.05) is 5.54 Å². The fourth-order valence-corrected chi connectivity index (χ4v) is 1.59. The van der Waals surface area contributed by atoms with Crippen molar-refractivity contribution in [3.8, 4) is 0 Å². The molecule has 1 aliphatic carbocycles. The second-order valence-corrected chi connectivity index (χ2v) is 4.40. The highest BCUT2D eigenvalue weighted by Gasteiger charge is 2.38. The van der Waals surface area contributed by atoms with Crippen LogP contribution in [0.15, 0.2) is 22.6 Å². The molecule has 1 heterocycles. The van der Waals surface area contributed by atoms with E-state index in [4.69, 9.17) is 10.2 Å². The molecule has 1 fully saturated rings. The zero-order chi connectivity index (χ0) is 10.5. The fraction of sp³-hybridized carbons (Fsp3) is 0.364. The van der Waals surface area contributed by atoms with Crippen LogP contribution >= 0.6 is 0 Å². The van der Waals surface area contributed by atoms with E-state index in [1.54, 1.807) is 0 Å². The summed E-state index contributed by atoms with van der Waals surface area (Å²) in [4.78, 5) is 4.33. The van der Waals surface area contributed by atoms with Crippen molar-refractivity contribution in [1.82, 2.24) is 4.98 Å². The van der Waals surface area contributed by atoms with Crippen molar-refractivity contribution in [3.05, 3.63) is 18.2 Å². The van der Waals surface area contributed by atoms with Crippen molar-refractivity contribution >= 4 is 22.8 Å². The Bertz CT molecular complexity index is 514. The van der Waals surface area contributed by atoms with E-state index in [1.807, 2.05) is 18.2 Å². The highest BCUT2D eigenvalue weighted by Crippen LogP contribution is 2.38. The number of nitrogens with one attached hydrogen (secondary N) is 1. The summed E-state index contributed by atoms with van der Waals surface area (Å²) in [5, 5.41) is 3.28. The minimum Gasteiger partial charge on any atom is -0.423 e. The molecule has 1 saturated carbocycles. The van der Waals surface area contributed by atoms with Gasteiger partial charge in [0.1, 0.15) is 5.52 Å². The zero-order valence-corrected chi connectivity index (χ0v) is 8.58. The Morgan fingerprint density at radius 3 is 2.93 bits per heavy atom. The molecule has 2 aromatic rings. The average molecular weight is 203 g/mol. The van der Waals surface area contributed by atoms with E-state index in [2.05, 4.69) is 17.2 Å². The molecule has 0 spiro atoms. The molecule has 0 atom stereocenters. The summed E-state index contributed by atoms with van der Waals surface area (Å²) >= 11 is 0. The summed E-state index contributed by atoms with van der Waals surface area (Å²) in [6, 6.07) is 6.14. The summed E-state index contributed by atoms with van der Waals surface area (Å²) in [5.74, 6) is 0. The highest BCUT2D eigenvalue weighted by molar-refractivity contribution is 5.86. The number of nitrogens with two attached hydrogens (primary N) is 1. The first-order valence-corrected chi connectivity index (χ1v) is 5.10. The van der Waals surface area contributed by atoms with E-state index in [0.717, 1.165) is 11.1 Å². The molecule has 0 saturated heterocycles. The largest absolute Gasteiger partial charge is 0.423 e. The van der Waals surface area contributed by atoms with Gasteiger partial charge in [-0.25, -0.2) is 0 Å². The standard InChI is InChI=1S/C11H13N3O/c1-11(5-6-11)14-10-13-9-7(12)3-2-4-8(9)15-10/h2-4H,5-6,12H2,1H3,(H,13,14). The molecule has 0 radical (unpaired) electrons. The van der Waals surface area contributed by atoms with Gasteiger partial charge in [-0.05, 0) is 31.9 Å². The van der Waals surface area contributed by atoms with Gasteiger partial charge >= 0.3 is 0 Å². The van der Waals surface area contributed by atoms with Crippen LogP contribution < -0.4 is 11.1 Å². The Kier molecular flexibility index (Phi) is 1.52. The summed E-state index contributed by atoms with van der Waals surface area (Å²) in [5.41, 5.74) is 8.11. The minimum atomic E-state index is 0.176. The summed E-state index contributed by atoms with van der Waals surface area (Å²) in [6.07, 6.45) is 2.34. The Morgan fingerprint density at radius 2 is 2.27 bits per heavy atom. The van der Waals surface area contributed by atoms with Crippen molar-refractivity contribution in [2.45, 2.75) is 25.3 Å². The van der Waals surface area contributed by atoms with Crippen molar-refractivity contribution in [1.29, 1.82) is 0 Å². The van der Waals surface area contributed by atoms with Crippen molar-refractivity contribution < 1.29 is 4.42 Å². The van der Waals surface area contributed by atoms with E-state index >= 15 is 0 Å². The van der Waals surface area contributed by atoms with E-state index < -0.39 is 0 Å². The molecule has 3 rings (SSSR count). The molecule has 4 nitrogen and oxygen atoms in total. The first-order valence-electron chi connectivity index (χ1n) is 5.10. The lowest BCUT2D eigenvalue weighted by Gasteiger charge is -2.06. The number of rotatable bonds is 2. The number of nitrogens with zero attached hydrogens (tertiary/aromatic N) is 1. The lowest BCUT2D eigenvalue weighted by molar-refractivity contribution is 0.598. The first kappa shape index (κ1) is 8.59. The monoisotopic (exact) mass is 203 g/mol. The molecule has 1 aliphatic rings. The van der Waals surface area contributed by atoms with Gasteiger partial charge in [-0.1, -0.05) is 6.07 Å². The minimum absolute atomic E-state index is 0.176. The highest BCUT2D eigenvalue weighted by atomic mass is 16.4. The third-order valence-electron chi connectivity index (χ3n) is 2.86. The summed E-state index contributed by atoms with van der Waals surface area (Å²) in [7, 11) is 0. The molecule has 0 amide bonds. The third-order valence-corrected chi connectivity index (χ3v) is 2.86. The molecule has 0 unspecified atom stereocenters. The van der Waals surface area contributed by atoms with Crippen molar-refractivity contribution in [2.75, 3.05) is 11.1 Å². The normalized spacial score (nSPS) is 17.9. The quantitative estimate of drug-likeness (QED) is 0.735. The number of oxazole rings is 1. The lowest BCUT2D eigenvalue weighted by Crippen LogP contribution is -2.15. The van der Waals surface area contributed by atoms with Crippen molar-refractivity contribution in [2.24, 2.45) is 0 Å². The van der Waals surface area contributed by atoms with Gasteiger partial charge in [0.05, 0.1) is 5.69 Å². The van der Waals surface area contributed by atoms with E-state index in [9.17, 15) is 0 Å². The van der Waals surface area contributed by atoms with Gasteiger partial charge in [-0.3, -0.25) is 0 Å². The van der Waals surface area contributed by atoms with Gasteiger partial charge in [0.15, 0.2) is 5.58 Å². The van der Waals surface area contributed by atoms with Crippen LogP contribution in [0.25, 0.3) is 11.1 Å². The van der Waals surface area contributed by atoms with Gasteiger partial charge in [-0.15, -0.1) is 0 Å². The van der Waals surface area contributed by atoms with Crippen LogP contribution in [0, 0.1) is 0 Å². The molecule has 78 valence electrons. The number of nitrogen functional groups attached to an aromatic ring is 1. The van der Waals surface area contributed by atoms with Crippen LogP contribution in [0.2, 0.25) is 0 Å². The summed E-state index contributed by atoms with van der Waals surface area (Å²) < 4.78 is 5.56. The molecule has 0 aliphatic heterocycles. The molecule has 3 N–H and O–H groups in total. The lowest BCUT2D eigenvalue weighted by atomic mass is 10.3. The van der Waals surface area contributed by atoms with Crippen LogP contribution in [-0.4, -0.2) is 10.5 Å². The Morgan fingerprint density at radius 1 is 1.47 bits per heavy atom. The SMILES string of the molecule is CC1(Nc2nc3c(N)cccc3o2)CC1. The van der Waals surface area contributed by atoms with E-state index in [-0.39, 0.29) is 5.54 Å². The van der Waals surface area contributed by atoms with Crippen molar-refractivity contribution in [3.63, 3.8) is 0 Å². The number of hydrogen-bond acceptors (Lipinski definition) is 4. The Hall–Kier alpha value is -1.71. The average Bonchev–Trinajstić information content (AvgIpc) is 2.77. The van der Waals surface area contributed by atoms with Crippen LogP contribution in [0.5, 0.6) is 0 Å².